The number of sulfonamides is 1. The molecule has 0 aliphatic rings. The lowest BCUT2D eigenvalue weighted by atomic mass is 10.3. The molecule has 0 aliphatic heterocycles. The first-order chi connectivity index (χ1) is 12.6. The number of aromatic nitrogens is 2. The Morgan fingerprint density at radius 3 is 2.41 bits per heavy atom. The van der Waals surface area contributed by atoms with Crippen LogP contribution in [-0.4, -0.2) is 50.3 Å². The van der Waals surface area contributed by atoms with Crippen LogP contribution in [0.2, 0.25) is 0 Å². The monoisotopic (exact) mass is 413 g/mol. The van der Waals surface area contributed by atoms with E-state index in [1.165, 1.54) is 18.9 Å². The number of aryl methyl sites for hydroxylation is 2. The van der Waals surface area contributed by atoms with Crippen LogP contribution in [0.25, 0.3) is 0 Å². The van der Waals surface area contributed by atoms with Crippen LogP contribution in [0.3, 0.4) is 0 Å². The Labute approximate surface area is 163 Å². The van der Waals surface area contributed by atoms with Crippen molar-refractivity contribution in [3.05, 3.63) is 29.6 Å². The lowest BCUT2D eigenvalue weighted by molar-refractivity contribution is -0.115. The molecule has 1 aromatic carbocycles. The standard InChI is InChI=1S/C17H23N3O5S2/c1-11-17(12(2)19(3)18-11)20(27(6,22)23)16(21)10-26-15-9-13(24-4)7-8-14(15)25-5/h7-9H,10H2,1-6H3. The first-order valence-electron chi connectivity index (χ1n) is 7.98. The maximum absolute atomic E-state index is 12.8. The number of carbonyl (C=O) groups is 1. The van der Waals surface area contributed by atoms with Gasteiger partial charge in [-0.2, -0.15) is 5.10 Å². The summed E-state index contributed by atoms with van der Waals surface area (Å²) >= 11 is 1.18. The van der Waals surface area contributed by atoms with Crippen molar-refractivity contribution < 1.29 is 22.7 Å². The summed E-state index contributed by atoms with van der Waals surface area (Å²) in [5.41, 5.74) is 1.36. The molecule has 0 atom stereocenters. The number of hydrogen-bond donors (Lipinski definition) is 0. The number of rotatable bonds is 7. The molecule has 0 aliphatic carbocycles. The van der Waals surface area contributed by atoms with E-state index >= 15 is 0 Å². The Morgan fingerprint density at radius 1 is 1.26 bits per heavy atom. The van der Waals surface area contributed by atoms with E-state index in [0.717, 1.165) is 10.6 Å². The summed E-state index contributed by atoms with van der Waals surface area (Å²) < 4.78 is 37.5. The second kappa shape index (κ2) is 8.22. The Morgan fingerprint density at radius 2 is 1.93 bits per heavy atom. The van der Waals surface area contributed by atoms with Gasteiger partial charge in [0.25, 0.3) is 5.91 Å². The second-order valence-corrected chi connectivity index (χ2v) is 8.72. The predicted octanol–water partition coefficient (Wildman–Crippen LogP) is 2.14. The molecule has 0 unspecified atom stereocenters. The van der Waals surface area contributed by atoms with E-state index in [4.69, 9.17) is 9.47 Å². The highest BCUT2D eigenvalue weighted by Crippen LogP contribution is 2.34. The van der Waals surface area contributed by atoms with Gasteiger partial charge in [-0.15, -0.1) is 11.8 Å². The summed E-state index contributed by atoms with van der Waals surface area (Å²) in [6.07, 6.45) is 1.01. The zero-order valence-electron chi connectivity index (χ0n) is 16.1. The topological polar surface area (TPSA) is 90.7 Å². The van der Waals surface area contributed by atoms with Crippen molar-refractivity contribution in [2.45, 2.75) is 18.7 Å². The summed E-state index contributed by atoms with van der Waals surface area (Å²) in [7, 11) is 0.950. The number of benzene rings is 1. The van der Waals surface area contributed by atoms with Crippen LogP contribution in [0.4, 0.5) is 5.69 Å². The molecule has 1 heterocycles. The molecular weight excluding hydrogens is 390 g/mol. The summed E-state index contributed by atoms with van der Waals surface area (Å²) in [6.45, 7) is 3.39. The predicted molar refractivity (Wildman–Crippen MR) is 105 cm³/mol. The van der Waals surface area contributed by atoms with E-state index in [1.54, 1.807) is 50.9 Å². The molecule has 10 heteroatoms. The van der Waals surface area contributed by atoms with E-state index in [2.05, 4.69) is 5.10 Å². The average molecular weight is 414 g/mol. The third-order valence-corrected chi connectivity index (χ3v) is 6.02. The number of methoxy groups -OCH3 is 2. The SMILES string of the molecule is COc1ccc(OC)c(SCC(=O)N(c2c(C)nn(C)c2C)S(C)(=O)=O)c1. The number of anilines is 1. The molecule has 8 nitrogen and oxygen atoms in total. The molecular formula is C17H23N3O5S2. The van der Waals surface area contributed by atoms with Gasteiger partial charge in [-0.1, -0.05) is 0 Å². The molecule has 0 bridgehead atoms. The average Bonchev–Trinajstić information content (AvgIpc) is 2.85. The van der Waals surface area contributed by atoms with E-state index < -0.39 is 15.9 Å². The van der Waals surface area contributed by atoms with Crippen LogP contribution in [0.5, 0.6) is 11.5 Å². The van der Waals surface area contributed by atoms with Crippen molar-refractivity contribution in [1.29, 1.82) is 0 Å². The van der Waals surface area contributed by atoms with Gasteiger partial charge in [-0.3, -0.25) is 9.48 Å². The van der Waals surface area contributed by atoms with Crippen molar-refractivity contribution in [2.75, 3.05) is 30.5 Å². The first-order valence-corrected chi connectivity index (χ1v) is 10.8. The Bertz CT molecular complexity index is 954. The van der Waals surface area contributed by atoms with Crippen LogP contribution in [-0.2, 0) is 21.9 Å². The zero-order chi connectivity index (χ0) is 20.4. The molecule has 0 spiro atoms. The number of amides is 1. The quantitative estimate of drug-likeness (QED) is 0.642. The zero-order valence-corrected chi connectivity index (χ0v) is 17.8. The minimum absolute atomic E-state index is 0.0929. The van der Waals surface area contributed by atoms with Crippen LogP contribution < -0.4 is 13.8 Å². The number of nitrogens with zero attached hydrogens (tertiary/aromatic N) is 3. The maximum atomic E-state index is 12.8. The fraction of sp³-hybridized carbons (Fsp3) is 0.412. The van der Waals surface area contributed by atoms with Gasteiger partial charge in [0.05, 0.1) is 42.5 Å². The summed E-state index contributed by atoms with van der Waals surface area (Å²) in [5.74, 6) is 0.536. The summed E-state index contributed by atoms with van der Waals surface area (Å²) in [4.78, 5) is 13.5. The number of carbonyl (C=O) groups excluding carboxylic acids is 1. The van der Waals surface area contributed by atoms with Crippen LogP contribution in [0, 0.1) is 13.8 Å². The Balaban J connectivity index is 2.34. The van der Waals surface area contributed by atoms with Crippen molar-refractivity contribution in [2.24, 2.45) is 7.05 Å². The fourth-order valence-corrected chi connectivity index (χ4v) is 4.64. The van der Waals surface area contributed by atoms with E-state index in [9.17, 15) is 13.2 Å². The third kappa shape index (κ3) is 4.56. The third-order valence-electron chi connectivity index (χ3n) is 3.95. The molecule has 2 aromatic rings. The minimum atomic E-state index is -3.82. The lowest BCUT2D eigenvalue weighted by Crippen LogP contribution is -2.38. The molecule has 2 rings (SSSR count). The highest BCUT2D eigenvalue weighted by molar-refractivity contribution is 8.00. The van der Waals surface area contributed by atoms with Crippen molar-refractivity contribution in [1.82, 2.24) is 9.78 Å². The van der Waals surface area contributed by atoms with Gasteiger partial charge in [-0.25, -0.2) is 12.7 Å². The van der Waals surface area contributed by atoms with Gasteiger partial charge in [0, 0.05) is 7.05 Å². The van der Waals surface area contributed by atoms with E-state index in [-0.39, 0.29) is 5.75 Å². The van der Waals surface area contributed by atoms with Gasteiger partial charge in [0.2, 0.25) is 10.0 Å². The van der Waals surface area contributed by atoms with Crippen LogP contribution >= 0.6 is 11.8 Å². The van der Waals surface area contributed by atoms with Crippen molar-refractivity contribution in [3.8, 4) is 11.5 Å². The van der Waals surface area contributed by atoms with Crippen LogP contribution in [0.1, 0.15) is 11.4 Å². The molecule has 0 N–H and O–H groups in total. The Kier molecular flexibility index (Phi) is 6.42. The smallest absolute Gasteiger partial charge is 0.251 e. The van der Waals surface area contributed by atoms with E-state index in [0.29, 0.717) is 33.5 Å². The minimum Gasteiger partial charge on any atom is -0.497 e. The van der Waals surface area contributed by atoms with Crippen molar-refractivity contribution >= 4 is 33.4 Å². The number of thioether (sulfide) groups is 1. The van der Waals surface area contributed by atoms with Gasteiger partial charge in [0.15, 0.2) is 0 Å². The molecule has 1 amide bonds. The largest absolute Gasteiger partial charge is 0.497 e. The highest BCUT2D eigenvalue weighted by atomic mass is 32.2. The maximum Gasteiger partial charge on any atom is 0.251 e. The molecule has 1 aromatic heterocycles. The molecule has 27 heavy (non-hydrogen) atoms. The summed E-state index contributed by atoms with van der Waals surface area (Å²) in [5, 5.41) is 4.21. The Hall–Kier alpha value is -2.20. The van der Waals surface area contributed by atoms with Gasteiger partial charge >= 0.3 is 0 Å². The lowest BCUT2D eigenvalue weighted by Gasteiger charge is -2.21. The fourth-order valence-electron chi connectivity index (χ4n) is 2.63. The highest BCUT2D eigenvalue weighted by Gasteiger charge is 2.30. The van der Waals surface area contributed by atoms with E-state index in [1.807, 2.05) is 0 Å². The normalized spacial score (nSPS) is 11.3. The molecule has 0 fully saturated rings. The molecule has 0 saturated carbocycles. The van der Waals surface area contributed by atoms with Crippen LogP contribution in [0.15, 0.2) is 23.1 Å². The first kappa shape index (κ1) is 21.1. The van der Waals surface area contributed by atoms with Crippen molar-refractivity contribution in [3.63, 3.8) is 0 Å². The summed E-state index contributed by atoms with van der Waals surface area (Å²) in [6, 6.07) is 5.22. The van der Waals surface area contributed by atoms with Gasteiger partial charge in [-0.05, 0) is 32.0 Å². The molecule has 0 saturated heterocycles. The van der Waals surface area contributed by atoms with Gasteiger partial charge in [0.1, 0.15) is 17.2 Å². The number of hydrogen-bond acceptors (Lipinski definition) is 7. The molecule has 0 radical (unpaired) electrons. The van der Waals surface area contributed by atoms with Gasteiger partial charge < -0.3 is 9.47 Å². The number of ether oxygens (including phenoxy) is 2. The molecule has 148 valence electrons. The second-order valence-electron chi connectivity index (χ2n) is 5.87.